The fraction of sp³-hybridized carbons (Fsp3) is 0.476. The van der Waals surface area contributed by atoms with Crippen molar-refractivity contribution in [2.45, 2.75) is 51.5 Å². The molecule has 3 rings (SSSR count). The van der Waals surface area contributed by atoms with Gasteiger partial charge in [-0.2, -0.15) is 0 Å². The Bertz CT molecular complexity index is 674. The minimum Gasteiger partial charge on any atom is -0.492 e. The number of aryl methyl sites for hydroxylation is 2. The van der Waals surface area contributed by atoms with E-state index in [2.05, 4.69) is 17.4 Å². The van der Waals surface area contributed by atoms with Crippen LogP contribution in [0.3, 0.4) is 0 Å². The third kappa shape index (κ3) is 5.16. The summed E-state index contributed by atoms with van der Waals surface area (Å²) in [5.74, 6) is 0.992. The van der Waals surface area contributed by atoms with Gasteiger partial charge < -0.3 is 10.1 Å². The molecule has 1 aromatic heterocycles. The van der Waals surface area contributed by atoms with Crippen molar-refractivity contribution in [3.63, 3.8) is 0 Å². The lowest BCUT2D eigenvalue weighted by Crippen LogP contribution is -2.35. The fourth-order valence-corrected chi connectivity index (χ4v) is 4.26. The maximum absolute atomic E-state index is 12.6. The summed E-state index contributed by atoms with van der Waals surface area (Å²) >= 11 is 1.52. The largest absolute Gasteiger partial charge is 0.492 e. The summed E-state index contributed by atoms with van der Waals surface area (Å²) in [4.78, 5) is 13.4. The zero-order chi connectivity index (χ0) is 17.5. The molecular formula is C21H27NO2S. The molecule has 4 heteroatoms. The van der Waals surface area contributed by atoms with E-state index in [1.54, 1.807) is 0 Å². The Morgan fingerprint density at radius 3 is 2.88 bits per heavy atom. The smallest absolute Gasteiger partial charge is 0.176 e. The normalized spacial score (nSPS) is 17.4. The summed E-state index contributed by atoms with van der Waals surface area (Å²) in [6.45, 7) is 3.82. The third-order valence-electron chi connectivity index (χ3n) is 4.78. The van der Waals surface area contributed by atoms with Crippen LogP contribution in [0, 0.1) is 6.92 Å². The molecule has 25 heavy (non-hydrogen) atoms. The standard InChI is InChI=1S/C21H27NO2S/c1-16-15-25-21(19(23)11-10-17-7-3-2-4-8-17)20(16)24-14-12-18-9-5-6-13-22-18/h2-4,7-8,15,18,22H,5-6,9-14H2,1H3. The number of piperidine rings is 1. The molecule has 1 N–H and O–H groups in total. The monoisotopic (exact) mass is 357 g/mol. The summed E-state index contributed by atoms with van der Waals surface area (Å²) in [6, 6.07) is 10.7. The summed E-state index contributed by atoms with van der Waals surface area (Å²) in [5.41, 5.74) is 2.28. The molecule has 2 aromatic rings. The van der Waals surface area contributed by atoms with Crippen LogP contribution in [0.4, 0.5) is 0 Å². The van der Waals surface area contributed by atoms with Crippen molar-refractivity contribution in [1.29, 1.82) is 0 Å². The van der Waals surface area contributed by atoms with Crippen LogP contribution < -0.4 is 10.1 Å². The number of Topliss-reactive ketones (excluding diaryl/α,β-unsaturated/α-hetero) is 1. The number of carbonyl (C=O) groups excluding carboxylic acids is 1. The van der Waals surface area contributed by atoms with Crippen molar-refractivity contribution in [3.8, 4) is 5.75 Å². The lowest BCUT2D eigenvalue weighted by atomic mass is 10.0. The molecule has 1 atom stereocenters. The first kappa shape index (κ1) is 18.2. The van der Waals surface area contributed by atoms with Gasteiger partial charge in [0.15, 0.2) is 5.78 Å². The van der Waals surface area contributed by atoms with Gasteiger partial charge in [-0.15, -0.1) is 11.3 Å². The van der Waals surface area contributed by atoms with Gasteiger partial charge in [0.2, 0.25) is 0 Å². The van der Waals surface area contributed by atoms with Crippen LogP contribution in [0.2, 0.25) is 0 Å². The SMILES string of the molecule is Cc1csc(C(=O)CCc2ccccc2)c1OCCC1CCCCN1. The van der Waals surface area contributed by atoms with Gasteiger partial charge in [-0.3, -0.25) is 4.79 Å². The van der Waals surface area contributed by atoms with E-state index in [1.165, 1.54) is 36.2 Å². The topological polar surface area (TPSA) is 38.3 Å². The van der Waals surface area contributed by atoms with E-state index in [-0.39, 0.29) is 5.78 Å². The molecule has 2 heterocycles. The Kier molecular flexibility index (Phi) is 6.65. The highest BCUT2D eigenvalue weighted by Crippen LogP contribution is 2.32. The molecule has 0 amide bonds. The Morgan fingerprint density at radius 2 is 2.12 bits per heavy atom. The summed E-state index contributed by atoms with van der Waals surface area (Å²) in [5, 5.41) is 5.58. The number of rotatable bonds is 8. The van der Waals surface area contributed by atoms with E-state index < -0.39 is 0 Å². The number of carbonyl (C=O) groups is 1. The van der Waals surface area contributed by atoms with E-state index in [1.807, 2.05) is 30.5 Å². The molecule has 0 aliphatic carbocycles. The molecule has 3 nitrogen and oxygen atoms in total. The minimum absolute atomic E-state index is 0.188. The van der Waals surface area contributed by atoms with Gasteiger partial charge >= 0.3 is 0 Å². The molecule has 0 bridgehead atoms. The van der Waals surface area contributed by atoms with E-state index in [4.69, 9.17) is 4.74 Å². The predicted octanol–water partition coefficient (Wildman–Crippen LogP) is 4.78. The molecular weight excluding hydrogens is 330 g/mol. The average molecular weight is 358 g/mol. The molecule has 1 aromatic carbocycles. The van der Waals surface area contributed by atoms with E-state index in [0.29, 0.717) is 19.1 Å². The Balaban J connectivity index is 1.53. The predicted molar refractivity (Wildman–Crippen MR) is 104 cm³/mol. The maximum atomic E-state index is 12.6. The second kappa shape index (κ2) is 9.16. The molecule has 134 valence electrons. The summed E-state index contributed by atoms with van der Waals surface area (Å²) in [7, 11) is 0. The van der Waals surface area contributed by atoms with Crippen LogP contribution in [-0.2, 0) is 6.42 Å². The summed E-state index contributed by atoms with van der Waals surface area (Å²) in [6.07, 6.45) is 6.13. The Hall–Kier alpha value is -1.65. The molecule has 0 saturated carbocycles. The van der Waals surface area contributed by atoms with Gasteiger partial charge in [-0.1, -0.05) is 36.8 Å². The van der Waals surface area contributed by atoms with E-state index >= 15 is 0 Å². The fourth-order valence-electron chi connectivity index (χ4n) is 3.29. The number of ether oxygens (including phenoxy) is 1. The van der Waals surface area contributed by atoms with Crippen LogP contribution in [0.15, 0.2) is 35.7 Å². The molecule has 1 aliphatic heterocycles. The number of ketones is 1. The second-order valence-corrected chi connectivity index (χ2v) is 7.65. The molecule has 0 radical (unpaired) electrons. The van der Waals surface area contributed by atoms with Gasteiger partial charge in [-0.25, -0.2) is 0 Å². The first-order valence-electron chi connectivity index (χ1n) is 9.25. The van der Waals surface area contributed by atoms with Crippen molar-refractivity contribution >= 4 is 17.1 Å². The van der Waals surface area contributed by atoms with Crippen molar-refractivity contribution in [2.75, 3.05) is 13.2 Å². The lowest BCUT2D eigenvalue weighted by Gasteiger charge is -2.23. The van der Waals surface area contributed by atoms with E-state index in [9.17, 15) is 4.79 Å². The van der Waals surface area contributed by atoms with Gasteiger partial charge in [0.25, 0.3) is 0 Å². The second-order valence-electron chi connectivity index (χ2n) is 6.77. The third-order valence-corrected chi connectivity index (χ3v) is 5.90. The number of nitrogens with one attached hydrogen (secondary N) is 1. The van der Waals surface area contributed by atoms with Gasteiger partial charge in [0, 0.05) is 18.0 Å². The highest BCUT2D eigenvalue weighted by Gasteiger charge is 2.18. The van der Waals surface area contributed by atoms with Crippen LogP contribution >= 0.6 is 11.3 Å². The van der Waals surface area contributed by atoms with Gasteiger partial charge in [-0.05, 0) is 50.1 Å². The van der Waals surface area contributed by atoms with Gasteiger partial charge in [0.1, 0.15) is 10.6 Å². The molecule has 1 aliphatic rings. The average Bonchev–Trinajstić information content (AvgIpc) is 3.02. The zero-order valence-corrected chi connectivity index (χ0v) is 15.7. The molecule has 0 spiro atoms. The number of benzene rings is 1. The molecule has 1 unspecified atom stereocenters. The Labute approximate surface area is 154 Å². The van der Waals surface area contributed by atoms with Crippen molar-refractivity contribution in [3.05, 3.63) is 51.7 Å². The molecule has 1 fully saturated rings. The summed E-state index contributed by atoms with van der Waals surface area (Å²) < 4.78 is 6.03. The van der Waals surface area contributed by atoms with Crippen LogP contribution in [0.25, 0.3) is 0 Å². The molecule has 1 saturated heterocycles. The number of hydrogen-bond acceptors (Lipinski definition) is 4. The number of hydrogen-bond donors (Lipinski definition) is 1. The first-order valence-corrected chi connectivity index (χ1v) is 10.1. The lowest BCUT2D eigenvalue weighted by molar-refractivity contribution is 0.0983. The minimum atomic E-state index is 0.188. The highest BCUT2D eigenvalue weighted by molar-refractivity contribution is 7.12. The van der Waals surface area contributed by atoms with Crippen LogP contribution in [-0.4, -0.2) is 25.0 Å². The van der Waals surface area contributed by atoms with Crippen molar-refractivity contribution < 1.29 is 9.53 Å². The van der Waals surface area contributed by atoms with Crippen molar-refractivity contribution in [1.82, 2.24) is 5.32 Å². The zero-order valence-electron chi connectivity index (χ0n) is 14.9. The van der Waals surface area contributed by atoms with Crippen LogP contribution in [0.5, 0.6) is 5.75 Å². The Morgan fingerprint density at radius 1 is 1.28 bits per heavy atom. The first-order chi connectivity index (χ1) is 12.2. The highest BCUT2D eigenvalue weighted by atomic mass is 32.1. The quantitative estimate of drug-likeness (QED) is 0.691. The van der Waals surface area contributed by atoms with Gasteiger partial charge in [0.05, 0.1) is 6.61 Å². The van der Waals surface area contributed by atoms with Crippen LogP contribution in [0.1, 0.15) is 52.9 Å². The van der Waals surface area contributed by atoms with Crippen molar-refractivity contribution in [2.24, 2.45) is 0 Å². The maximum Gasteiger partial charge on any atom is 0.176 e. The number of thiophene rings is 1. The van der Waals surface area contributed by atoms with E-state index in [0.717, 1.165) is 35.6 Å².